The molecule has 3 aromatic heterocycles. The molecule has 110 valence electrons. The molecule has 0 atom stereocenters. The summed E-state index contributed by atoms with van der Waals surface area (Å²) in [6, 6.07) is 9.77. The Labute approximate surface area is 139 Å². The van der Waals surface area contributed by atoms with Crippen LogP contribution in [0.3, 0.4) is 0 Å². The largest absolute Gasteiger partial charge is 0.437 e. The molecule has 0 radical (unpaired) electrons. The van der Waals surface area contributed by atoms with Crippen molar-refractivity contribution in [1.29, 1.82) is 5.26 Å². The third-order valence-corrected chi connectivity index (χ3v) is 4.91. The number of thiophene rings is 2. The summed E-state index contributed by atoms with van der Waals surface area (Å²) in [4.78, 5) is 13.3. The number of furan rings is 1. The molecule has 1 amide bonds. The van der Waals surface area contributed by atoms with E-state index in [1.165, 1.54) is 22.7 Å². The highest BCUT2D eigenvalue weighted by molar-refractivity contribution is 7.14. The highest BCUT2D eigenvalue weighted by atomic mass is 35.5. The highest BCUT2D eigenvalue weighted by Gasteiger charge is 2.25. The van der Waals surface area contributed by atoms with Gasteiger partial charge in [0, 0.05) is 4.88 Å². The molecule has 0 aliphatic rings. The van der Waals surface area contributed by atoms with E-state index in [1.54, 1.807) is 0 Å². The predicted octanol–water partition coefficient (Wildman–Crippen LogP) is 4.79. The number of hydrogen-bond acceptors (Lipinski definition) is 5. The van der Waals surface area contributed by atoms with Crippen LogP contribution in [-0.4, -0.2) is 11.8 Å². The Balaban J connectivity index is 2.21. The Morgan fingerprint density at radius 1 is 1.27 bits per heavy atom. The highest BCUT2D eigenvalue weighted by Crippen LogP contribution is 2.44. The first-order valence-corrected chi connectivity index (χ1v) is 8.54. The molecule has 7 heteroatoms. The molecule has 0 fully saturated rings. The zero-order chi connectivity index (χ0) is 15.5. The van der Waals surface area contributed by atoms with Gasteiger partial charge in [-0.3, -0.25) is 10.1 Å². The molecule has 22 heavy (non-hydrogen) atoms. The summed E-state index contributed by atoms with van der Waals surface area (Å²) in [5.41, 5.74) is 1.01. The van der Waals surface area contributed by atoms with Crippen molar-refractivity contribution in [2.75, 3.05) is 11.2 Å². The van der Waals surface area contributed by atoms with Crippen molar-refractivity contribution in [2.24, 2.45) is 0 Å². The van der Waals surface area contributed by atoms with Crippen LogP contribution < -0.4 is 5.32 Å². The molecule has 0 aromatic carbocycles. The van der Waals surface area contributed by atoms with Crippen LogP contribution in [0.1, 0.15) is 5.56 Å². The summed E-state index contributed by atoms with van der Waals surface area (Å²) in [6.07, 6.45) is 0. The molecule has 0 bridgehead atoms. The van der Waals surface area contributed by atoms with E-state index in [-0.39, 0.29) is 11.8 Å². The molecule has 4 nitrogen and oxygen atoms in total. The summed E-state index contributed by atoms with van der Waals surface area (Å²) in [5, 5.41) is 15.9. The smallest absolute Gasteiger partial charge is 0.241 e. The van der Waals surface area contributed by atoms with Crippen LogP contribution in [0, 0.1) is 11.3 Å². The number of hydrogen-bond donors (Lipinski definition) is 1. The Hall–Kier alpha value is -2.07. The number of rotatable bonds is 4. The van der Waals surface area contributed by atoms with E-state index in [4.69, 9.17) is 16.0 Å². The molecule has 0 saturated carbocycles. The molecule has 0 aliphatic heterocycles. The van der Waals surface area contributed by atoms with Gasteiger partial charge in [-0.05, 0) is 22.9 Å². The van der Waals surface area contributed by atoms with Crippen molar-refractivity contribution in [3.63, 3.8) is 0 Å². The average Bonchev–Trinajstić information content (AvgIpc) is 3.26. The first kappa shape index (κ1) is 14.9. The van der Waals surface area contributed by atoms with E-state index >= 15 is 0 Å². The van der Waals surface area contributed by atoms with Crippen molar-refractivity contribution in [2.45, 2.75) is 0 Å². The number of halogens is 1. The molecular weight excluding hydrogens is 340 g/mol. The fourth-order valence-corrected chi connectivity index (χ4v) is 3.58. The van der Waals surface area contributed by atoms with Crippen LogP contribution in [0.15, 0.2) is 39.4 Å². The van der Waals surface area contributed by atoms with Crippen molar-refractivity contribution >= 4 is 46.1 Å². The van der Waals surface area contributed by atoms with Crippen molar-refractivity contribution in [1.82, 2.24) is 0 Å². The van der Waals surface area contributed by atoms with Crippen LogP contribution in [0.4, 0.5) is 5.88 Å². The minimum atomic E-state index is -0.414. The second-order valence-corrected chi connectivity index (χ2v) is 6.42. The van der Waals surface area contributed by atoms with Gasteiger partial charge in [-0.1, -0.05) is 12.1 Å². The number of nitrogens with zero attached hydrogens (tertiary/aromatic N) is 1. The van der Waals surface area contributed by atoms with Crippen LogP contribution in [0.2, 0.25) is 0 Å². The van der Waals surface area contributed by atoms with Gasteiger partial charge in [0.15, 0.2) is 5.76 Å². The zero-order valence-corrected chi connectivity index (χ0v) is 13.5. The SMILES string of the molecule is N#Cc1c(NC(=O)CCl)oc(-c2cccs2)c1-c1cccs1. The van der Waals surface area contributed by atoms with Crippen LogP contribution in [0.5, 0.6) is 0 Å². The Morgan fingerprint density at radius 3 is 2.50 bits per heavy atom. The maximum absolute atomic E-state index is 11.5. The van der Waals surface area contributed by atoms with E-state index in [0.29, 0.717) is 16.9 Å². The Bertz CT molecular complexity index is 830. The van der Waals surface area contributed by atoms with Crippen LogP contribution in [-0.2, 0) is 4.79 Å². The summed E-state index contributed by atoms with van der Waals surface area (Å²) in [5.74, 6) is 0.107. The number of alkyl halides is 1. The number of nitrogens with one attached hydrogen (secondary N) is 1. The summed E-state index contributed by atoms with van der Waals surface area (Å²) in [6.45, 7) is 0. The summed E-state index contributed by atoms with van der Waals surface area (Å²) < 4.78 is 5.78. The lowest BCUT2D eigenvalue weighted by molar-refractivity contribution is -0.114. The standard InChI is InChI=1S/C15H9ClN2O2S2/c16-7-12(19)18-15-9(8-17)13(10-3-1-5-21-10)14(20-15)11-4-2-6-22-11/h1-6H,7H2,(H,18,19). The molecule has 3 heterocycles. The second-order valence-electron chi connectivity index (χ2n) is 4.26. The molecular formula is C15H9ClN2O2S2. The van der Waals surface area contributed by atoms with E-state index in [0.717, 1.165) is 9.75 Å². The van der Waals surface area contributed by atoms with Crippen LogP contribution >= 0.6 is 34.3 Å². The Kier molecular flexibility index (Phi) is 4.29. The van der Waals surface area contributed by atoms with Crippen molar-refractivity contribution in [3.8, 4) is 27.1 Å². The van der Waals surface area contributed by atoms with E-state index in [1.807, 2.05) is 35.0 Å². The Morgan fingerprint density at radius 2 is 1.95 bits per heavy atom. The summed E-state index contributed by atoms with van der Waals surface area (Å²) >= 11 is 8.53. The molecule has 0 unspecified atom stereocenters. The zero-order valence-electron chi connectivity index (χ0n) is 11.1. The van der Waals surface area contributed by atoms with Gasteiger partial charge in [0.25, 0.3) is 0 Å². The number of nitriles is 1. The molecule has 1 N–H and O–H groups in total. The van der Waals surface area contributed by atoms with E-state index in [9.17, 15) is 10.1 Å². The molecule has 0 saturated heterocycles. The molecule has 3 rings (SSSR count). The van der Waals surface area contributed by atoms with Crippen molar-refractivity contribution < 1.29 is 9.21 Å². The first-order chi connectivity index (χ1) is 10.7. The van der Waals surface area contributed by atoms with Gasteiger partial charge in [-0.2, -0.15) is 5.26 Å². The van der Waals surface area contributed by atoms with Gasteiger partial charge >= 0.3 is 0 Å². The summed E-state index contributed by atoms with van der Waals surface area (Å²) in [7, 11) is 0. The maximum atomic E-state index is 11.5. The van der Waals surface area contributed by atoms with E-state index < -0.39 is 5.91 Å². The van der Waals surface area contributed by atoms with Gasteiger partial charge in [0.1, 0.15) is 17.5 Å². The molecule has 0 spiro atoms. The number of anilines is 1. The lowest BCUT2D eigenvalue weighted by Crippen LogP contribution is -2.12. The third kappa shape index (κ3) is 2.66. The fraction of sp³-hybridized carbons (Fsp3) is 0.0667. The quantitative estimate of drug-likeness (QED) is 0.689. The normalized spacial score (nSPS) is 10.4. The number of carbonyl (C=O) groups is 1. The third-order valence-electron chi connectivity index (χ3n) is 2.91. The topological polar surface area (TPSA) is 66.0 Å². The van der Waals surface area contributed by atoms with Crippen molar-refractivity contribution in [3.05, 3.63) is 40.6 Å². The molecule has 0 aliphatic carbocycles. The van der Waals surface area contributed by atoms with Crippen LogP contribution in [0.25, 0.3) is 21.1 Å². The maximum Gasteiger partial charge on any atom is 0.241 e. The van der Waals surface area contributed by atoms with Gasteiger partial charge in [-0.25, -0.2) is 0 Å². The van der Waals surface area contributed by atoms with Gasteiger partial charge in [0.2, 0.25) is 11.8 Å². The van der Waals surface area contributed by atoms with Gasteiger partial charge < -0.3 is 4.42 Å². The minimum absolute atomic E-state index is 0.139. The first-order valence-electron chi connectivity index (χ1n) is 6.25. The average molecular weight is 349 g/mol. The van der Waals surface area contributed by atoms with Gasteiger partial charge in [0.05, 0.1) is 10.4 Å². The monoisotopic (exact) mass is 348 g/mol. The number of carbonyl (C=O) groups excluding carboxylic acids is 1. The second kappa shape index (κ2) is 6.36. The predicted molar refractivity (Wildman–Crippen MR) is 89.4 cm³/mol. The lowest BCUT2D eigenvalue weighted by atomic mass is 10.1. The number of amides is 1. The molecule has 3 aromatic rings. The van der Waals surface area contributed by atoms with Gasteiger partial charge in [-0.15, -0.1) is 34.3 Å². The fourth-order valence-electron chi connectivity index (χ4n) is 2.02. The minimum Gasteiger partial charge on any atom is -0.437 e. The lowest BCUT2D eigenvalue weighted by Gasteiger charge is -1.98. The van der Waals surface area contributed by atoms with E-state index in [2.05, 4.69) is 11.4 Å².